The average Bonchev–Trinajstić information content (AvgIpc) is 2.72. The molecule has 1 saturated carbocycles. The molecule has 0 spiro atoms. The van der Waals surface area contributed by atoms with Gasteiger partial charge < -0.3 is 28.9 Å². The molecule has 0 N–H and O–H groups in total. The van der Waals surface area contributed by atoms with Gasteiger partial charge >= 0.3 is 52.8 Å². The zero-order valence-electron chi connectivity index (χ0n) is 20.2. The van der Waals surface area contributed by atoms with E-state index in [-0.39, 0.29) is 43.8 Å². The molecule has 0 bridgehead atoms. The normalized spacial score (nSPS) is 16.2. The molecule has 1 aliphatic rings. The summed E-state index contributed by atoms with van der Waals surface area (Å²) in [5.41, 5.74) is 1.96. The fraction of sp³-hybridized carbons (Fsp3) is 0.261. The summed E-state index contributed by atoms with van der Waals surface area (Å²) in [7, 11) is -6.65. The number of halogens is 7. The molecule has 0 aliphatic heterocycles. The summed E-state index contributed by atoms with van der Waals surface area (Å²) in [6, 6.07) is 13.4. The van der Waals surface area contributed by atoms with Gasteiger partial charge in [-0.2, -0.15) is 0 Å². The number of hydrogen-bond donors (Lipinski definition) is 0. The molecule has 2 aromatic rings. The van der Waals surface area contributed by atoms with E-state index >= 15 is 0 Å². The van der Waals surface area contributed by atoms with Crippen LogP contribution in [0, 0.1) is 43.4 Å². The van der Waals surface area contributed by atoms with E-state index in [2.05, 4.69) is 61.7 Å². The van der Waals surface area contributed by atoms with Gasteiger partial charge in [0.1, 0.15) is 0 Å². The van der Waals surface area contributed by atoms with E-state index in [0.717, 1.165) is 11.4 Å². The second-order valence-corrected chi connectivity index (χ2v) is 9.74. The van der Waals surface area contributed by atoms with Gasteiger partial charge in [0.2, 0.25) is 0 Å². The Hall–Kier alpha value is -0.854. The van der Waals surface area contributed by atoms with Crippen molar-refractivity contribution >= 4 is 25.0 Å². The van der Waals surface area contributed by atoms with Gasteiger partial charge in [0, 0.05) is 26.0 Å². The molecule has 1 aromatic heterocycles. The van der Waals surface area contributed by atoms with Gasteiger partial charge in [-0.1, -0.05) is 26.8 Å². The van der Waals surface area contributed by atoms with Gasteiger partial charge in [0.25, 0.3) is 0 Å². The first-order valence-electron chi connectivity index (χ1n) is 10.1. The molecule has 202 valence electrons. The number of aromatic nitrogens is 1. The Labute approximate surface area is 240 Å². The summed E-state index contributed by atoms with van der Waals surface area (Å²) in [5.74, 6) is 4.03. The summed E-state index contributed by atoms with van der Waals surface area (Å²) in [4.78, 5) is 6.11. The number of benzene rings is 1. The van der Waals surface area contributed by atoms with Crippen LogP contribution in [0.3, 0.4) is 0 Å². The van der Waals surface area contributed by atoms with Crippen molar-refractivity contribution in [2.24, 2.45) is 16.1 Å². The third-order valence-electron chi connectivity index (χ3n) is 4.03. The topological polar surface area (TPSA) is 40.9 Å². The summed E-state index contributed by atoms with van der Waals surface area (Å²) in [6.45, 7) is 6.54. The zero-order chi connectivity index (χ0) is 26.1. The molecule has 6 radical (unpaired) electrons. The fourth-order valence-electron chi connectivity index (χ4n) is 2.29. The summed E-state index contributed by atoms with van der Waals surface area (Å²) >= 11 is 0. The first-order valence-corrected chi connectivity index (χ1v) is 12.2. The van der Waals surface area contributed by atoms with Crippen LogP contribution in [-0.4, -0.2) is 19.1 Å². The Morgan fingerprint density at radius 1 is 0.806 bits per heavy atom. The second-order valence-electron chi connectivity index (χ2n) is 7.82. The van der Waals surface area contributed by atoms with E-state index < -0.39 is 7.81 Å². The molecule has 3 rings (SSSR count). The maximum Gasteiger partial charge on any atom is 2.00 e. The Kier molecular flexibility index (Phi) is 15.5. The van der Waals surface area contributed by atoms with E-state index in [0.29, 0.717) is 11.7 Å². The van der Waals surface area contributed by atoms with Crippen LogP contribution in [0.4, 0.5) is 42.4 Å². The molecule has 0 saturated heterocycles. The van der Waals surface area contributed by atoms with E-state index in [9.17, 15) is 25.2 Å². The summed E-state index contributed by atoms with van der Waals surface area (Å²) in [6.07, 6.45) is 10.4. The second kappa shape index (κ2) is 14.9. The fourth-order valence-corrected chi connectivity index (χ4v) is 2.29. The molecular formula is C23H28F6IN4OsP. The minimum atomic E-state index is -10.7. The first kappa shape index (κ1) is 37.3. The van der Waals surface area contributed by atoms with Crippen LogP contribution < -0.4 is 28.9 Å². The van der Waals surface area contributed by atoms with Crippen molar-refractivity contribution in [2.45, 2.75) is 20.8 Å². The molecule has 1 aromatic carbocycles. The van der Waals surface area contributed by atoms with Crippen LogP contribution in [0.5, 0.6) is 0 Å². The maximum absolute atomic E-state index is 10.7. The Bertz CT molecular complexity index is 879. The Morgan fingerprint density at radius 3 is 1.69 bits per heavy atom. The molecule has 0 atom stereocenters. The van der Waals surface area contributed by atoms with Crippen LogP contribution in [-0.2, 0) is 19.8 Å². The first-order chi connectivity index (χ1) is 15.4. The predicted molar refractivity (Wildman–Crippen MR) is 127 cm³/mol. The quantitative estimate of drug-likeness (QED) is 0.151. The van der Waals surface area contributed by atoms with Gasteiger partial charge in [-0.05, 0) is 79.8 Å². The van der Waals surface area contributed by atoms with Crippen molar-refractivity contribution < 1.29 is 68.9 Å². The molecule has 4 nitrogen and oxygen atoms in total. The third kappa shape index (κ3) is 21.3. The number of nitrogens with zero attached hydrogens (tertiary/aromatic N) is 4. The predicted octanol–water partition coefficient (Wildman–Crippen LogP) is 6.59. The molecule has 1 fully saturated rings. The SMILES string of the molecule is CN(C)c1ccc(N=Nc2ccccn2)cc1.C[C]1[CH][CH][C](C(C)C)[CH][CH]1.F[P-](F)(F)(F)(F)F.[I-].[Os+2]. The molecule has 36 heavy (non-hydrogen) atoms. The van der Waals surface area contributed by atoms with Crippen molar-refractivity contribution in [1.82, 2.24) is 4.98 Å². The number of rotatable bonds is 4. The van der Waals surface area contributed by atoms with E-state index in [1.54, 1.807) is 6.20 Å². The van der Waals surface area contributed by atoms with E-state index in [1.807, 2.05) is 61.5 Å². The number of pyridine rings is 1. The van der Waals surface area contributed by atoms with Crippen LogP contribution >= 0.6 is 7.81 Å². The van der Waals surface area contributed by atoms with Gasteiger partial charge in [0.15, 0.2) is 5.82 Å². The molecular weight excluding hydrogens is 794 g/mol. The van der Waals surface area contributed by atoms with Crippen molar-refractivity contribution in [3.63, 3.8) is 0 Å². The van der Waals surface area contributed by atoms with Crippen LogP contribution in [0.1, 0.15) is 20.8 Å². The molecule has 13 heteroatoms. The van der Waals surface area contributed by atoms with Gasteiger partial charge in [-0.15, -0.1) is 10.2 Å². The molecule has 0 amide bonds. The van der Waals surface area contributed by atoms with E-state index in [1.165, 1.54) is 11.8 Å². The van der Waals surface area contributed by atoms with E-state index in [4.69, 9.17) is 0 Å². The Morgan fingerprint density at radius 2 is 1.31 bits per heavy atom. The smallest absolute Gasteiger partial charge is 1.00 e. The Balaban J connectivity index is 0. The zero-order valence-corrected chi connectivity index (χ0v) is 25.8. The van der Waals surface area contributed by atoms with Crippen molar-refractivity contribution in [1.29, 1.82) is 0 Å². The molecule has 0 unspecified atom stereocenters. The summed E-state index contributed by atoms with van der Waals surface area (Å²) < 4.78 is 59.2. The van der Waals surface area contributed by atoms with Crippen molar-refractivity contribution in [3.8, 4) is 0 Å². The minimum absolute atomic E-state index is 0. The average molecular weight is 823 g/mol. The largest absolute Gasteiger partial charge is 2.00 e. The molecule has 1 heterocycles. The van der Waals surface area contributed by atoms with Gasteiger partial charge in [-0.3, -0.25) is 0 Å². The van der Waals surface area contributed by atoms with Gasteiger partial charge in [-0.25, -0.2) is 4.98 Å². The monoisotopic (exact) mass is 824 g/mol. The molecule has 1 aliphatic carbocycles. The van der Waals surface area contributed by atoms with Crippen LogP contribution in [0.2, 0.25) is 0 Å². The number of azo groups is 1. The summed E-state index contributed by atoms with van der Waals surface area (Å²) in [5, 5.41) is 8.17. The van der Waals surface area contributed by atoms with Gasteiger partial charge in [0.05, 0.1) is 5.69 Å². The third-order valence-corrected chi connectivity index (χ3v) is 4.03. The number of hydrogen-bond acceptors (Lipinski definition) is 4. The van der Waals surface area contributed by atoms with Crippen LogP contribution in [0.25, 0.3) is 0 Å². The van der Waals surface area contributed by atoms with Crippen molar-refractivity contribution in [2.75, 3.05) is 19.0 Å². The minimum Gasteiger partial charge on any atom is -1.00 e. The maximum atomic E-state index is 9.87. The number of anilines is 1. The van der Waals surface area contributed by atoms with Crippen LogP contribution in [0.15, 0.2) is 58.9 Å². The van der Waals surface area contributed by atoms with Crippen molar-refractivity contribution in [3.05, 3.63) is 86.2 Å². The standard InChI is InChI=1S/C13H14N4.C10H14.F6P.HI.Os/c1-17(2)12-8-6-11(7-9-12)15-16-13-5-3-4-10-14-13;1-8(2)10-6-4-9(3)5-7-10;1-7(2,3,4,5)6;;/h3-10H,1-2H3;4-8H,1-3H3;;1H;/q;;-1;;+2/p-1.